The number of aryl methyl sites for hydroxylation is 1. The lowest BCUT2D eigenvalue weighted by atomic mass is 10.1. The molecule has 1 heterocycles. The third kappa shape index (κ3) is 3.39. The van der Waals surface area contributed by atoms with Gasteiger partial charge in [-0.1, -0.05) is 18.2 Å². The highest BCUT2D eigenvalue weighted by Gasteiger charge is 2.19. The molecule has 1 N–H and O–H groups in total. The Balaban J connectivity index is 2.29. The predicted octanol–water partition coefficient (Wildman–Crippen LogP) is 4.10. The minimum atomic E-state index is -0.763. The summed E-state index contributed by atoms with van der Waals surface area (Å²) in [7, 11) is 0. The lowest BCUT2D eigenvalue weighted by Gasteiger charge is -2.32. The Hall–Kier alpha value is -1.81. The SMILES string of the molecule is Cc1ccccc1N(CCC(=O)O)C(C)c1ccsc1. The molecule has 1 atom stereocenters. The van der Waals surface area contributed by atoms with Gasteiger partial charge in [-0.15, -0.1) is 0 Å². The van der Waals surface area contributed by atoms with E-state index in [1.165, 1.54) is 11.1 Å². The molecule has 1 aromatic heterocycles. The summed E-state index contributed by atoms with van der Waals surface area (Å²) in [5.41, 5.74) is 3.50. The number of para-hydroxylation sites is 1. The van der Waals surface area contributed by atoms with Crippen molar-refractivity contribution in [2.24, 2.45) is 0 Å². The van der Waals surface area contributed by atoms with Crippen LogP contribution in [0.5, 0.6) is 0 Å². The first-order valence-corrected chi connectivity index (χ1v) is 7.60. The molecule has 0 bridgehead atoms. The fraction of sp³-hybridized carbons (Fsp3) is 0.312. The molecule has 0 aliphatic heterocycles. The normalized spacial score (nSPS) is 12.1. The number of hydrogen-bond acceptors (Lipinski definition) is 3. The van der Waals surface area contributed by atoms with Crippen molar-refractivity contribution in [1.82, 2.24) is 0 Å². The average Bonchev–Trinajstić information content (AvgIpc) is 2.94. The Labute approximate surface area is 123 Å². The fourth-order valence-electron chi connectivity index (χ4n) is 2.32. The maximum Gasteiger partial charge on any atom is 0.305 e. The van der Waals surface area contributed by atoms with Crippen LogP contribution in [-0.2, 0) is 4.79 Å². The molecule has 0 spiro atoms. The highest BCUT2D eigenvalue weighted by molar-refractivity contribution is 7.08. The molecule has 2 aromatic rings. The number of carboxylic acids is 1. The van der Waals surface area contributed by atoms with Gasteiger partial charge in [0, 0.05) is 12.2 Å². The first-order chi connectivity index (χ1) is 9.59. The van der Waals surface area contributed by atoms with Crippen molar-refractivity contribution in [2.75, 3.05) is 11.4 Å². The molecule has 0 saturated heterocycles. The van der Waals surface area contributed by atoms with Crippen molar-refractivity contribution in [2.45, 2.75) is 26.3 Å². The largest absolute Gasteiger partial charge is 0.481 e. The molecule has 2 rings (SSSR count). The van der Waals surface area contributed by atoms with Crippen LogP contribution in [0.2, 0.25) is 0 Å². The molecule has 0 fully saturated rings. The van der Waals surface area contributed by atoms with Crippen LogP contribution in [0.3, 0.4) is 0 Å². The standard InChI is InChI=1S/C16H19NO2S/c1-12-5-3-4-6-15(12)17(9-7-16(18)19)13(2)14-8-10-20-11-14/h3-6,8,10-11,13H,7,9H2,1-2H3,(H,18,19). The lowest BCUT2D eigenvalue weighted by molar-refractivity contribution is -0.136. The van der Waals surface area contributed by atoms with E-state index in [-0.39, 0.29) is 12.5 Å². The summed E-state index contributed by atoms with van der Waals surface area (Å²) in [5, 5.41) is 13.1. The maximum atomic E-state index is 10.9. The summed E-state index contributed by atoms with van der Waals surface area (Å²) in [5.74, 6) is -0.763. The summed E-state index contributed by atoms with van der Waals surface area (Å²) in [6.07, 6.45) is 0.142. The van der Waals surface area contributed by atoms with Crippen LogP contribution in [0.1, 0.15) is 30.5 Å². The van der Waals surface area contributed by atoms with E-state index in [0.29, 0.717) is 6.54 Å². The van der Waals surface area contributed by atoms with Gasteiger partial charge in [0.05, 0.1) is 12.5 Å². The second-order valence-corrected chi connectivity index (χ2v) is 5.64. The fourth-order valence-corrected chi connectivity index (χ4v) is 3.06. The van der Waals surface area contributed by atoms with Gasteiger partial charge in [0.2, 0.25) is 0 Å². The first kappa shape index (κ1) is 14.6. The summed E-state index contributed by atoms with van der Waals surface area (Å²) >= 11 is 1.67. The van der Waals surface area contributed by atoms with Crippen LogP contribution in [-0.4, -0.2) is 17.6 Å². The molecule has 106 valence electrons. The van der Waals surface area contributed by atoms with Gasteiger partial charge >= 0.3 is 5.97 Å². The number of benzene rings is 1. The van der Waals surface area contributed by atoms with Gasteiger partial charge in [-0.3, -0.25) is 4.79 Å². The highest BCUT2D eigenvalue weighted by Crippen LogP contribution is 2.30. The highest BCUT2D eigenvalue weighted by atomic mass is 32.1. The Morgan fingerprint density at radius 3 is 2.70 bits per heavy atom. The van der Waals surface area contributed by atoms with E-state index >= 15 is 0 Å². The molecular formula is C16H19NO2S. The molecule has 0 saturated carbocycles. The monoisotopic (exact) mass is 289 g/mol. The van der Waals surface area contributed by atoms with Gasteiger partial charge < -0.3 is 10.0 Å². The van der Waals surface area contributed by atoms with Crippen molar-refractivity contribution in [3.63, 3.8) is 0 Å². The number of nitrogens with zero attached hydrogens (tertiary/aromatic N) is 1. The van der Waals surface area contributed by atoms with Gasteiger partial charge in [-0.25, -0.2) is 0 Å². The Kier molecular flexibility index (Phi) is 4.79. The van der Waals surface area contributed by atoms with Crippen LogP contribution in [0.25, 0.3) is 0 Å². The molecule has 0 aliphatic carbocycles. The van der Waals surface area contributed by atoms with Gasteiger partial charge in [-0.2, -0.15) is 11.3 Å². The van der Waals surface area contributed by atoms with Crippen molar-refractivity contribution in [3.05, 3.63) is 52.2 Å². The van der Waals surface area contributed by atoms with Crippen molar-refractivity contribution in [1.29, 1.82) is 0 Å². The van der Waals surface area contributed by atoms with Crippen LogP contribution < -0.4 is 4.90 Å². The Morgan fingerprint density at radius 1 is 1.35 bits per heavy atom. The molecule has 0 aliphatic rings. The van der Waals surface area contributed by atoms with E-state index in [2.05, 4.69) is 47.7 Å². The van der Waals surface area contributed by atoms with Crippen LogP contribution in [0.4, 0.5) is 5.69 Å². The molecule has 3 nitrogen and oxygen atoms in total. The number of anilines is 1. The van der Waals surface area contributed by atoms with E-state index in [1.54, 1.807) is 11.3 Å². The van der Waals surface area contributed by atoms with E-state index in [4.69, 9.17) is 5.11 Å². The zero-order chi connectivity index (χ0) is 14.5. The van der Waals surface area contributed by atoms with Gasteiger partial charge in [0.15, 0.2) is 0 Å². The van der Waals surface area contributed by atoms with E-state index in [1.807, 2.05) is 12.1 Å². The van der Waals surface area contributed by atoms with Crippen molar-refractivity contribution < 1.29 is 9.90 Å². The third-order valence-electron chi connectivity index (χ3n) is 3.48. The minimum absolute atomic E-state index is 0.142. The predicted molar refractivity (Wildman–Crippen MR) is 83.5 cm³/mol. The number of carbonyl (C=O) groups is 1. The number of aliphatic carboxylic acids is 1. The van der Waals surface area contributed by atoms with Crippen molar-refractivity contribution in [3.8, 4) is 0 Å². The van der Waals surface area contributed by atoms with E-state index in [9.17, 15) is 4.79 Å². The molecule has 1 aromatic carbocycles. The van der Waals surface area contributed by atoms with Crippen LogP contribution in [0.15, 0.2) is 41.1 Å². The smallest absolute Gasteiger partial charge is 0.305 e. The topological polar surface area (TPSA) is 40.5 Å². The summed E-state index contributed by atoms with van der Waals surface area (Å²) in [6.45, 7) is 4.69. The maximum absolute atomic E-state index is 10.9. The minimum Gasteiger partial charge on any atom is -0.481 e. The lowest BCUT2D eigenvalue weighted by Crippen LogP contribution is -2.29. The zero-order valence-electron chi connectivity index (χ0n) is 11.7. The quantitative estimate of drug-likeness (QED) is 0.870. The number of hydrogen-bond donors (Lipinski definition) is 1. The van der Waals surface area contributed by atoms with E-state index in [0.717, 1.165) is 5.69 Å². The molecule has 0 radical (unpaired) electrons. The summed E-state index contributed by atoms with van der Waals surface area (Å²) < 4.78 is 0. The summed E-state index contributed by atoms with van der Waals surface area (Å²) in [6, 6.07) is 10.4. The van der Waals surface area contributed by atoms with E-state index < -0.39 is 5.97 Å². The van der Waals surface area contributed by atoms with Crippen LogP contribution in [0, 0.1) is 6.92 Å². The van der Waals surface area contributed by atoms with Crippen molar-refractivity contribution >= 4 is 23.0 Å². The zero-order valence-corrected chi connectivity index (χ0v) is 12.6. The third-order valence-corrected chi connectivity index (χ3v) is 4.19. The molecule has 1 unspecified atom stereocenters. The average molecular weight is 289 g/mol. The number of rotatable bonds is 6. The first-order valence-electron chi connectivity index (χ1n) is 6.65. The van der Waals surface area contributed by atoms with Gasteiger partial charge in [-0.05, 0) is 47.9 Å². The number of thiophene rings is 1. The summed E-state index contributed by atoms with van der Waals surface area (Å²) in [4.78, 5) is 13.1. The van der Waals surface area contributed by atoms with Gasteiger partial charge in [0.1, 0.15) is 0 Å². The second kappa shape index (κ2) is 6.57. The second-order valence-electron chi connectivity index (χ2n) is 4.86. The van der Waals surface area contributed by atoms with Crippen LogP contribution >= 0.6 is 11.3 Å². The van der Waals surface area contributed by atoms with Gasteiger partial charge in [0.25, 0.3) is 0 Å². The molecule has 4 heteroatoms. The number of carboxylic acid groups (broad SMARTS) is 1. The molecule has 20 heavy (non-hydrogen) atoms. The molecule has 0 amide bonds. The Bertz CT molecular complexity index is 566. The molecular weight excluding hydrogens is 270 g/mol. The Morgan fingerprint density at radius 2 is 2.10 bits per heavy atom.